The highest BCUT2D eigenvalue weighted by molar-refractivity contribution is 5.36. The topological polar surface area (TPSA) is 28.2 Å². The Morgan fingerprint density at radius 1 is 1.19 bits per heavy atom. The summed E-state index contributed by atoms with van der Waals surface area (Å²) in [7, 11) is 0. The summed E-state index contributed by atoms with van der Waals surface area (Å²) in [6.45, 7) is 12.5. The minimum atomic E-state index is 0.563. The fourth-order valence-electron chi connectivity index (χ4n) is 3.07. The third kappa shape index (κ3) is 4.99. The molecule has 0 saturated carbocycles. The smallest absolute Gasteiger partial charge is 0.125 e. The predicted octanol–water partition coefficient (Wildman–Crippen LogP) is 4.33. The van der Waals surface area contributed by atoms with Gasteiger partial charge in [0.15, 0.2) is 0 Å². The van der Waals surface area contributed by atoms with Gasteiger partial charge in [0.25, 0.3) is 0 Å². The Balaban J connectivity index is 2.01. The molecule has 0 radical (unpaired) electrons. The van der Waals surface area contributed by atoms with Crippen molar-refractivity contribution in [1.82, 2.24) is 9.88 Å². The minimum absolute atomic E-state index is 0.563. The fourth-order valence-corrected chi connectivity index (χ4v) is 3.07. The summed E-state index contributed by atoms with van der Waals surface area (Å²) in [5.41, 5.74) is 1.38. The molecule has 1 aromatic heterocycles. The van der Waals surface area contributed by atoms with E-state index in [0.717, 1.165) is 18.3 Å². The summed E-state index contributed by atoms with van der Waals surface area (Å²) in [5, 5.41) is 3.39. The highest BCUT2D eigenvalue weighted by Gasteiger charge is 2.24. The Morgan fingerprint density at radius 3 is 2.62 bits per heavy atom. The van der Waals surface area contributed by atoms with E-state index in [0.29, 0.717) is 12.0 Å². The van der Waals surface area contributed by atoms with Crippen LogP contribution in [0.1, 0.15) is 58.6 Å². The number of pyridine rings is 1. The molecular weight excluding hydrogens is 258 g/mol. The van der Waals surface area contributed by atoms with Crippen LogP contribution in [0.5, 0.6) is 0 Å². The van der Waals surface area contributed by atoms with Crippen molar-refractivity contribution in [3.05, 3.63) is 23.9 Å². The highest BCUT2D eigenvalue weighted by Crippen LogP contribution is 2.31. The van der Waals surface area contributed by atoms with Crippen molar-refractivity contribution in [3.8, 4) is 0 Å². The van der Waals surface area contributed by atoms with Crippen molar-refractivity contribution in [2.75, 3.05) is 25.0 Å². The van der Waals surface area contributed by atoms with E-state index in [1.54, 1.807) is 0 Å². The van der Waals surface area contributed by atoms with Gasteiger partial charge in [-0.25, -0.2) is 4.98 Å². The van der Waals surface area contributed by atoms with Gasteiger partial charge >= 0.3 is 0 Å². The van der Waals surface area contributed by atoms with Gasteiger partial charge in [-0.05, 0) is 42.9 Å². The summed E-state index contributed by atoms with van der Waals surface area (Å²) in [6.07, 6.45) is 6.02. The maximum Gasteiger partial charge on any atom is 0.125 e. The number of nitrogens with zero attached hydrogens (tertiary/aromatic N) is 2. The second-order valence-electron chi connectivity index (χ2n) is 7.15. The van der Waals surface area contributed by atoms with E-state index >= 15 is 0 Å². The van der Waals surface area contributed by atoms with Gasteiger partial charge in [0.2, 0.25) is 0 Å². The Morgan fingerprint density at radius 2 is 2.00 bits per heavy atom. The van der Waals surface area contributed by atoms with Gasteiger partial charge < -0.3 is 5.32 Å². The molecule has 0 aromatic carbocycles. The first-order valence-corrected chi connectivity index (χ1v) is 8.50. The van der Waals surface area contributed by atoms with Crippen LogP contribution in [0.4, 0.5) is 5.82 Å². The minimum Gasteiger partial charge on any atom is -0.370 e. The van der Waals surface area contributed by atoms with Gasteiger partial charge in [0.1, 0.15) is 5.82 Å². The summed E-state index contributed by atoms with van der Waals surface area (Å²) < 4.78 is 0. The Kier molecular flexibility index (Phi) is 6.04. The molecule has 0 spiro atoms. The van der Waals surface area contributed by atoms with Gasteiger partial charge in [0.05, 0.1) is 0 Å². The number of piperidine rings is 1. The van der Waals surface area contributed by atoms with Crippen molar-refractivity contribution in [3.63, 3.8) is 0 Å². The van der Waals surface area contributed by atoms with Crippen LogP contribution in [0.25, 0.3) is 0 Å². The molecule has 118 valence electrons. The first-order chi connectivity index (χ1) is 10.1. The van der Waals surface area contributed by atoms with Crippen LogP contribution in [-0.2, 0) is 0 Å². The molecule has 0 amide bonds. The molecule has 1 fully saturated rings. The first kappa shape index (κ1) is 16.3. The van der Waals surface area contributed by atoms with E-state index in [4.69, 9.17) is 0 Å². The molecule has 21 heavy (non-hydrogen) atoms. The zero-order chi connectivity index (χ0) is 15.2. The Hall–Kier alpha value is -1.09. The third-order valence-corrected chi connectivity index (χ3v) is 4.08. The SMILES string of the molecule is CC(C)CNc1ccc(C2CCCCN2CC(C)C)cn1. The molecule has 1 aliphatic heterocycles. The second kappa shape index (κ2) is 7.79. The molecule has 3 nitrogen and oxygen atoms in total. The van der Waals surface area contributed by atoms with Crippen LogP contribution in [0, 0.1) is 11.8 Å². The molecule has 1 aliphatic rings. The van der Waals surface area contributed by atoms with E-state index in [9.17, 15) is 0 Å². The van der Waals surface area contributed by atoms with Crippen LogP contribution >= 0.6 is 0 Å². The number of anilines is 1. The van der Waals surface area contributed by atoms with Crippen LogP contribution in [0.15, 0.2) is 18.3 Å². The molecular formula is C18H31N3. The van der Waals surface area contributed by atoms with Crippen LogP contribution in [-0.4, -0.2) is 29.5 Å². The molecule has 1 aromatic rings. The molecule has 0 bridgehead atoms. The van der Waals surface area contributed by atoms with Gasteiger partial charge in [-0.15, -0.1) is 0 Å². The predicted molar refractivity (Wildman–Crippen MR) is 90.6 cm³/mol. The molecule has 3 heteroatoms. The molecule has 1 N–H and O–H groups in total. The summed E-state index contributed by atoms with van der Waals surface area (Å²) in [5.74, 6) is 2.37. The second-order valence-corrected chi connectivity index (χ2v) is 7.15. The van der Waals surface area contributed by atoms with Crippen molar-refractivity contribution >= 4 is 5.82 Å². The van der Waals surface area contributed by atoms with Crippen LogP contribution in [0.3, 0.4) is 0 Å². The van der Waals surface area contributed by atoms with Gasteiger partial charge in [-0.2, -0.15) is 0 Å². The average molecular weight is 289 g/mol. The quantitative estimate of drug-likeness (QED) is 0.844. The van der Waals surface area contributed by atoms with E-state index in [2.05, 4.69) is 61.2 Å². The normalized spacial score (nSPS) is 20.2. The summed E-state index contributed by atoms with van der Waals surface area (Å²) in [6, 6.07) is 4.96. The highest BCUT2D eigenvalue weighted by atomic mass is 15.2. The Bertz CT molecular complexity index is 411. The first-order valence-electron chi connectivity index (χ1n) is 8.50. The van der Waals surface area contributed by atoms with E-state index < -0.39 is 0 Å². The molecule has 1 saturated heterocycles. The molecule has 1 unspecified atom stereocenters. The lowest BCUT2D eigenvalue weighted by atomic mass is 9.95. The molecule has 1 atom stereocenters. The lowest BCUT2D eigenvalue weighted by Crippen LogP contribution is -2.36. The maximum atomic E-state index is 4.60. The largest absolute Gasteiger partial charge is 0.370 e. The number of rotatable bonds is 6. The monoisotopic (exact) mass is 289 g/mol. The van der Waals surface area contributed by atoms with E-state index in [-0.39, 0.29) is 0 Å². The average Bonchev–Trinajstić information content (AvgIpc) is 2.46. The number of hydrogen-bond donors (Lipinski definition) is 1. The lowest BCUT2D eigenvalue weighted by molar-refractivity contribution is 0.132. The number of likely N-dealkylation sites (tertiary alicyclic amines) is 1. The number of aromatic nitrogens is 1. The van der Waals surface area contributed by atoms with Crippen molar-refractivity contribution < 1.29 is 0 Å². The Labute approximate surface area is 130 Å². The van der Waals surface area contributed by atoms with E-state index in [1.807, 2.05) is 0 Å². The standard InChI is InChI=1S/C18H31N3/c1-14(2)11-19-18-9-8-16(12-20-18)17-7-5-6-10-21(17)13-15(3)4/h8-9,12,14-15,17H,5-7,10-11,13H2,1-4H3,(H,19,20). The van der Waals surface area contributed by atoms with Crippen molar-refractivity contribution in [1.29, 1.82) is 0 Å². The van der Waals surface area contributed by atoms with Crippen LogP contribution in [0.2, 0.25) is 0 Å². The lowest BCUT2D eigenvalue weighted by Gasteiger charge is -2.37. The molecule has 2 rings (SSSR count). The summed E-state index contributed by atoms with van der Waals surface area (Å²) >= 11 is 0. The molecule has 2 heterocycles. The van der Waals surface area contributed by atoms with Gasteiger partial charge in [0, 0.05) is 25.3 Å². The van der Waals surface area contributed by atoms with Gasteiger partial charge in [-0.1, -0.05) is 40.2 Å². The molecule has 0 aliphatic carbocycles. The number of nitrogens with one attached hydrogen (secondary N) is 1. The van der Waals surface area contributed by atoms with Crippen molar-refractivity contribution in [2.24, 2.45) is 11.8 Å². The third-order valence-electron chi connectivity index (χ3n) is 4.08. The number of hydrogen-bond acceptors (Lipinski definition) is 3. The maximum absolute atomic E-state index is 4.60. The van der Waals surface area contributed by atoms with Crippen molar-refractivity contribution in [2.45, 2.75) is 53.0 Å². The zero-order valence-corrected chi connectivity index (χ0v) is 14.1. The van der Waals surface area contributed by atoms with Gasteiger partial charge in [-0.3, -0.25) is 4.90 Å². The van der Waals surface area contributed by atoms with E-state index in [1.165, 1.54) is 37.9 Å². The summed E-state index contributed by atoms with van der Waals surface area (Å²) in [4.78, 5) is 7.25. The zero-order valence-electron chi connectivity index (χ0n) is 14.1. The fraction of sp³-hybridized carbons (Fsp3) is 0.722. The van der Waals surface area contributed by atoms with Crippen LogP contribution < -0.4 is 5.32 Å².